The van der Waals surface area contributed by atoms with Crippen molar-refractivity contribution in [1.82, 2.24) is 10.4 Å². The van der Waals surface area contributed by atoms with Crippen LogP contribution in [0.15, 0.2) is 90.0 Å². The van der Waals surface area contributed by atoms with E-state index in [0.717, 1.165) is 38.7 Å². The van der Waals surface area contributed by atoms with Gasteiger partial charge in [-0.05, 0) is 40.5 Å². The number of carbonyl (C=O) groups is 2. The summed E-state index contributed by atoms with van der Waals surface area (Å²) in [6.07, 6.45) is 2.28. The van der Waals surface area contributed by atoms with Crippen LogP contribution in [0.1, 0.15) is 28.4 Å². The number of H-pyrrole nitrogens is 1. The highest BCUT2D eigenvalue weighted by Crippen LogP contribution is 2.34. The van der Waals surface area contributed by atoms with E-state index < -0.39 is 0 Å². The topological polar surface area (TPSA) is 86.3 Å². The summed E-state index contributed by atoms with van der Waals surface area (Å²) in [4.78, 5) is 29.4. The van der Waals surface area contributed by atoms with Gasteiger partial charge in [0.1, 0.15) is 0 Å². The van der Waals surface area contributed by atoms with Crippen molar-refractivity contribution in [1.29, 1.82) is 0 Å². The molecule has 2 amide bonds. The molecule has 0 bridgehead atoms. The molecule has 6 rings (SSSR count). The van der Waals surface area contributed by atoms with Gasteiger partial charge < -0.3 is 10.3 Å². The Labute approximate surface area is 208 Å². The Morgan fingerprint density at radius 1 is 0.944 bits per heavy atom. The first kappa shape index (κ1) is 21.8. The first-order valence-corrected chi connectivity index (χ1v) is 11.9. The lowest BCUT2D eigenvalue weighted by Crippen LogP contribution is -2.23. The Kier molecular flexibility index (Phi) is 5.34. The lowest BCUT2D eigenvalue weighted by molar-refractivity contribution is -0.119. The normalized spacial score (nSPS) is 13.4. The molecule has 0 fully saturated rings. The molecule has 0 saturated heterocycles. The number of amides is 2. The second kappa shape index (κ2) is 8.82. The van der Waals surface area contributed by atoms with Crippen LogP contribution >= 0.6 is 0 Å². The fraction of sp³-hybridized carbons (Fsp3) is 0.100. The van der Waals surface area contributed by atoms with Crippen molar-refractivity contribution in [3.8, 4) is 11.3 Å². The SMILES string of the molecule is C[C@H](Cc1ccc2ccccc2c1)C(=O)Nc1cc2c3c(c(-c4ccccc4)[nH]c3c1)C=NNC2=O. The van der Waals surface area contributed by atoms with Gasteiger partial charge in [-0.25, -0.2) is 5.43 Å². The molecular weight excluding hydrogens is 448 g/mol. The summed E-state index contributed by atoms with van der Waals surface area (Å²) < 4.78 is 0. The molecule has 6 heteroatoms. The van der Waals surface area contributed by atoms with Crippen LogP contribution in [0.5, 0.6) is 0 Å². The van der Waals surface area contributed by atoms with Gasteiger partial charge in [0.2, 0.25) is 5.91 Å². The smallest absolute Gasteiger partial charge is 0.272 e. The van der Waals surface area contributed by atoms with E-state index in [0.29, 0.717) is 17.7 Å². The molecule has 0 spiro atoms. The maximum atomic E-state index is 13.1. The van der Waals surface area contributed by atoms with Crippen LogP contribution in [0.4, 0.5) is 5.69 Å². The van der Waals surface area contributed by atoms with Gasteiger partial charge in [-0.1, -0.05) is 79.7 Å². The van der Waals surface area contributed by atoms with Crippen molar-refractivity contribution in [2.24, 2.45) is 11.0 Å². The molecule has 1 atom stereocenters. The van der Waals surface area contributed by atoms with Gasteiger partial charge in [0.25, 0.3) is 5.91 Å². The monoisotopic (exact) mass is 472 g/mol. The quantitative estimate of drug-likeness (QED) is 0.298. The van der Waals surface area contributed by atoms with Crippen molar-refractivity contribution in [2.45, 2.75) is 13.3 Å². The summed E-state index contributed by atoms with van der Waals surface area (Å²) in [6, 6.07) is 28.0. The molecule has 0 unspecified atom stereocenters. The molecular formula is C30H24N4O2. The molecule has 176 valence electrons. The summed E-state index contributed by atoms with van der Waals surface area (Å²) in [5, 5.41) is 10.3. The zero-order valence-electron chi connectivity index (χ0n) is 19.7. The van der Waals surface area contributed by atoms with E-state index >= 15 is 0 Å². The van der Waals surface area contributed by atoms with Crippen LogP contribution in [-0.4, -0.2) is 23.0 Å². The Bertz CT molecular complexity index is 1670. The molecule has 5 aromatic rings. The molecule has 0 aliphatic carbocycles. The lowest BCUT2D eigenvalue weighted by Gasteiger charge is -2.14. The molecule has 6 nitrogen and oxygen atoms in total. The molecule has 2 heterocycles. The van der Waals surface area contributed by atoms with Gasteiger partial charge >= 0.3 is 0 Å². The second-order valence-corrected chi connectivity index (χ2v) is 9.20. The van der Waals surface area contributed by atoms with Crippen LogP contribution in [-0.2, 0) is 11.2 Å². The third kappa shape index (κ3) is 3.92. The average molecular weight is 473 g/mol. The lowest BCUT2D eigenvalue weighted by atomic mass is 9.97. The highest BCUT2D eigenvalue weighted by atomic mass is 16.2. The van der Waals surface area contributed by atoms with E-state index in [4.69, 9.17) is 0 Å². The molecule has 3 N–H and O–H groups in total. The largest absolute Gasteiger partial charge is 0.354 e. The number of carbonyl (C=O) groups excluding carboxylic acids is 2. The van der Waals surface area contributed by atoms with Gasteiger partial charge in [-0.3, -0.25) is 9.59 Å². The number of benzene rings is 4. The predicted octanol–water partition coefficient (Wildman–Crippen LogP) is 5.88. The van der Waals surface area contributed by atoms with Crippen LogP contribution < -0.4 is 10.7 Å². The number of hydrogen-bond donors (Lipinski definition) is 3. The second-order valence-electron chi connectivity index (χ2n) is 9.20. The highest BCUT2D eigenvalue weighted by molar-refractivity contribution is 6.18. The van der Waals surface area contributed by atoms with Crippen LogP contribution in [0.25, 0.3) is 32.9 Å². The Morgan fingerprint density at radius 2 is 1.72 bits per heavy atom. The standard InChI is InChI=1S/C30H24N4O2/c1-18(13-19-11-12-20-7-5-6-10-22(20)14-19)29(35)32-23-15-24-27-25(17-31-34-30(24)36)28(33-26(27)16-23)21-8-3-2-4-9-21/h2-12,14-18,33H,13H2,1H3,(H,32,35)(H,34,36)/t18-/m1/s1. The minimum atomic E-state index is -0.311. The van der Waals surface area contributed by atoms with Crippen molar-refractivity contribution >= 4 is 45.4 Å². The highest BCUT2D eigenvalue weighted by Gasteiger charge is 2.23. The third-order valence-electron chi connectivity index (χ3n) is 6.67. The molecule has 0 saturated carbocycles. The maximum absolute atomic E-state index is 13.1. The Hall–Kier alpha value is -4.71. The summed E-state index contributed by atoms with van der Waals surface area (Å²) in [7, 11) is 0. The number of fused-ring (bicyclic) bond motifs is 1. The average Bonchev–Trinajstić information content (AvgIpc) is 3.17. The Morgan fingerprint density at radius 3 is 2.56 bits per heavy atom. The maximum Gasteiger partial charge on any atom is 0.272 e. The van der Waals surface area contributed by atoms with E-state index in [1.165, 1.54) is 5.39 Å². The molecule has 0 radical (unpaired) electrons. The van der Waals surface area contributed by atoms with E-state index in [9.17, 15) is 9.59 Å². The van der Waals surface area contributed by atoms with Gasteiger partial charge in [0.15, 0.2) is 0 Å². The number of hydrogen-bond acceptors (Lipinski definition) is 3. The van der Waals surface area contributed by atoms with Gasteiger partial charge in [0.05, 0.1) is 17.5 Å². The van der Waals surface area contributed by atoms with Gasteiger partial charge in [-0.15, -0.1) is 0 Å². The van der Waals surface area contributed by atoms with E-state index in [1.54, 1.807) is 12.3 Å². The van der Waals surface area contributed by atoms with Crippen molar-refractivity contribution in [3.63, 3.8) is 0 Å². The number of rotatable bonds is 5. The first-order chi connectivity index (χ1) is 17.6. The zero-order valence-corrected chi connectivity index (χ0v) is 19.7. The number of nitrogens with zero attached hydrogens (tertiary/aromatic N) is 1. The molecule has 36 heavy (non-hydrogen) atoms. The minimum Gasteiger partial charge on any atom is -0.354 e. The van der Waals surface area contributed by atoms with Crippen molar-refractivity contribution in [3.05, 3.63) is 102 Å². The third-order valence-corrected chi connectivity index (χ3v) is 6.67. The Balaban J connectivity index is 1.31. The van der Waals surface area contributed by atoms with E-state index in [2.05, 4.69) is 51.2 Å². The summed E-state index contributed by atoms with van der Waals surface area (Å²) in [5.41, 5.74) is 8.19. The fourth-order valence-electron chi connectivity index (χ4n) is 4.86. The van der Waals surface area contributed by atoms with Crippen LogP contribution in [0.2, 0.25) is 0 Å². The number of hydrazone groups is 1. The number of aromatic amines is 1. The first-order valence-electron chi connectivity index (χ1n) is 11.9. The molecule has 1 aromatic heterocycles. The van der Waals surface area contributed by atoms with E-state index in [1.807, 2.05) is 55.5 Å². The van der Waals surface area contributed by atoms with Crippen LogP contribution in [0, 0.1) is 5.92 Å². The summed E-state index contributed by atoms with van der Waals surface area (Å²) in [6.45, 7) is 1.92. The predicted molar refractivity (Wildman–Crippen MR) is 144 cm³/mol. The fourth-order valence-corrected chi connectivity index (χ4v) is 4.86. The number of aromatic nitrogens is 1. The molecule has 1 aliphatic rings. The number of nitrogens with one attached hydrogen (secondary N) is 3. The van der Waals surface area contributed by atoms with E-state index in [-0.39, 0.29) is 17.7 Å². The summed E-state index contributed by atoms with van der Waals surface area (Å²) >= 11 is 0. The van der Waals surface area contributed by atoms with Crippen molar-refractivity contribution < 1.29 is 9.59 Å². The van der Waals surface area contributed by atoms with Gasteiger partial charge in [0, 0.05) is 28.1 Å². The molecule has 4 aromatic carbocycles. The molecule has 1 aliphatic heterocycles. The summed E-state index contributed by atoms with van der Waals surface area (Å²) in [5.74, 6) is -0.666. The van der Waals surface area contributed by atoms with Gasteiger partial charge in [-0.2, -0.15) is 5.10 Å². The zero-order chi connectivity index (χ0) is 24.6. The van der Waals surface area contributed by atoms with Crippen LogP contribution in [0.3, 0.4) is 0 Å². The van der Waals surface area contributed by atoms with Crippen molar-refractivity contribution in [2.75, 3.05) is 5.32 Å². The minimum absolute atomic E-state index is 0.102. The number of anilines is 1.